The Morgan fingerprint density at radius 3 is 2.31 bits per heavy atom. The van der Waals surface area contributed by atoms with Gasteiger partial charge in [0.25, 0.3) is 16.5 Å². The molecular formula is C19H16FN5O4. The van der Waals surface area contributed by atoms with Crippen LogP contribution in [0.5, 0.6) is 0 Å². The second kappa shape index (κ2) is 7.30. The van der Waals surface area contributed by atoms with Gasteiger partial charge in [0.2, 0.25) is 0 Å². The summed E-state index contributed by atoms with van der Waals surface area (Å²) in [7, 11) is 0. The summed E-state index contributed by atoms with van der Waals surface area (Å²) in [5, 5.41) is 13.5. The van der Waals surface area contributed by atoms with E-state index < -0.39 is 21.6 Å². The van der Waals surface area contributed by atoms with Crippen LogP contribution in [0.4, 0.5) is 33.0 Å². The molecule has 0 radical (unpaired) electrons. The first kappa shape index (κ1) is 18.5. The number of benzene rings is 1. The summed E-state index contributed by atoms with van der Waals surface area (Å²) in [5.41, 5.74) is -0.848. The number of halogens is 1. The van der Waals surface area contributed by atoms with Crippen LogP contribution in [0, 0.1) is 15.9 Å². The molecule has 10 heteroatoms. The zero-order chi connectivity index (χ0) is 20.5. The molecule has 148 valence electrons. The summed E-state index contributed by atoms with van der Waals surface area (Å²) in [5.74, 6) is 0.0884. The second-order valence-corrected chi connectivity index (χ2v) is 6.59. The molecule has 0 bridgehead atoms. The van der Waals surface area contributed by atoms with Crippen LogP contribution in [0.3, 0.4) is 0 Å². The van der Waals surface area contributed by atoms with E-state index in [-0.39, 0.29) is 22.7 Å². The van der Waals surface area contributed by atoms with Gasteiger partial charge in [0.05, 0.1) is 10.6 Å². The molecule has 2 heterocycles. The van der Waals surface area contributed by atoms with Crippen molar-refractivity contribution < 1.29 is 9.31 Å². The van der Waals surface area contributed by atoms with Gasteiger partial charge in [-0.3, -0.25) is 19.7 Å². The van der Waals surface area contributed by atoms with Gasteiger partial charge in [-0.2, -0.15) is 0 Å². The van der Waals surface area contributed by atoms with Crippen LogP contribution in [0.25, 0.3) is 0 Å². The lowest BCUT2D eigenvalue weighted by Gasteiger charge is -2.37. The lowest BCUT2D eigenvalue weighted by Crippen LogP contribution is -2.51. The van der Waals surface area contributed by atoms with Gasteiger partial charge in [0.15, 0.2) is 0 Å². The molecule has 1 aliphatic rings. The Labute approximate surface area is 163 Å². The van der Waals surface area contributed by atoms with Crippen molar-refractivity contribution in [2.45, 2.75) is 0 Å². The van der Waals surface area contributed by atoms with E-state index in [0.29, 0.717) is 32.0 Å². The molecule has 3 aromatic rings. The maximum atomic E-state index is 13.9. The number of anilines is 4. The highest BCUT2D eigenvalue weighted by atomic mass is 19.1. The summed E-state index contributed by atoms with van der Waals surface area (Å²) in [6.45, 7) is 1.94. The minimum Gasteiger partial charge on any atom is -0.363 e. The first-order valence-corrected chi connectivity index (χ1v) is 8.91. The van der Waals surface area contributed by atoms with Crippen molar-refractivity contribution in [1.82, 2.24) is 4.98 Å². The molecule has 1 saturated heterocycles. The second-order valence-electron chi connectivity index (χ2n) is 6.59. The fourth-order valence-corrected chi connectivity index (χ4v) is 3.33. The van der Waals surface area contributed by atoms with Gasteiger partial charge >= 0.3 is 0 Å². The SMILES string of the molecule is O=c1c(Nc2ccccc2F)c(N2CCN(c3ccc([N+](=O)[O-])cn3)CC2)c1=O. The third-order valence-electron chi connectivity index (χ3n) is 4.88. The summed E-state index contributed by atoms with van der Waals surface area (Å²) >= 11 is 0. The first-order valence-electron chi connectivity index (χ1n) is 8.91. The third kappa shape index (κ3) is 3.40. The topological polar surface area (TPSA) is 109 Å². The number of nitrogens with one attached hydrogen (secondary N) is 1. The highest BCUT2D eigenvalue weighted by molar-refractivity contribution is 5.80. The molecule has 0 amide bonds. The van der Waals surface area contributed by atoms with Crippen LogP contribution in [-0.4, -0.2) is 36.1 Å². The predicted molar refractivity (Wildman–Crippen MR) is 106 cm³/mol. The van der Waals surface area contributed by atoms with E-state index in [1.165, 1.54) is 30.5 Å². The van der Waals surface area contributed by atoms with Crippen molar-refractivity contribution in [1.29, 1.82) is 0 Å². The number of aromatic nitrogens is 1. The summed E-state index contributed by atoms with van der Waals surface area (Å²) < 4.78 is 13.9. The predicted octanol–water partition coefficient (Wildman–Crippen LogP) is 1.80. The average molecular weight is 397 g/mol. The van der Waals surface area contributed by atoms with E-state index in [1.54, 1.807) is 17.0 Å². The van der Waals surface area contributed by atoms with E-state index in [2.05, 4.69) is 10.3 Å². The lowest BCUT2D eigenvalue weighted by atomic mass is 10.1. The molecule has 1 aromatic heterocycles. The van der Waals surface area contributed by atoms with Crippen LogP contribution in [0.2, 0.25) is 0 Å². The molecule has 1 aliphatic heterocycles. The lowest BCUT2D eigenvalue weighted by molar-refractivity contribution is -0.385. The van der Waals surface area contributed by atoms with Gasteiger partial charge < -0.3 is 15.1 Å². The molecule has 0 saturated carbocycles. The average Bonchev–Trinajstić information content (AvgIpc) is 2.75. The number of para-hydroxylation sites is 1. The maximum absolute atomic E-state index is 13.9. The van der Waals surface area contributed by atoms with Crippen LogP contribution >= 0.6 is 0 Å². The van der Waals surface area contributed by atoms with Gasteiger partial charge in [-0.1, -0.05) is 12.1 Å². The summed E-state index contributed by atoms with van der Waals surface area (Å²) in [6.07, 6.45) is 1.20. The molecule has 4 rings (SSSR count). The fourth-order valence-electron chi connectivity index (χ4n) is 3.33. The van der Waals surface area contributed by atoms with Crippen LogP contribution in [-0.2, 0) is 0 Å². The fraction of sp³-hybridized carbons (Fsp3) is 0.211. The number of pyridine rings is 1. The number of rotatable bonds is 5. The Balaban J connectivity index is 1.47. The monoisotopic (exact) mass is 397 g/mol. The Kier molecular flexibility index (Phi) is 4.67. The number of nitro groups is 1. The van der Waals surface area contributed by atoms with Crippen molar-refractivity contribution in [3.05, 3.63) is 79.0 Å². The molecular weight excluding hydrogens is 381 g/mol. The van der Waals surface area contributed by atoms with Crippen molar-refractivity contribution in [3.63, 3.8) is 0 Å². The Hall–Kier alpha value is -3.82. The molecule has 2 aromatic carbocycles. The molecule has 29 heavy (non-hydrogen) atoms. The van der Waals surface area contributed by atoms with E-state index >= 15 is 0 Å². The Bertz CT molecular complexity index is 1130. The van der Waals surface area contributed by atoms with Gasteiger partial charge in [-0.15, -0.1) is 0 Å². The van der Waals surface area contributed by atoms with Gasteiger partial charge in [0.1, 0.15) is 29.2 Å². The molecule has 0 atom stereocenters. The number of hydrogen-bond acceptors (Lipinski definition) is 8. The van der Waals surface area contributed by atoms with Gasteiger partial charge in [0, 0.05) is 32.2 Å². The van der Waals surface area contributed by atoms with E-state index in [0.717, 1.165) is 0 Å². The van der Waals surface area contributed by atoms with Crippen molar-refractivity contribution in [2.24, 2.45) is 0 Å². The first-order chi connectivity index (χ1) is 14.0. The van der Waals surface area contributed by atoms with Gasteiger partial charge in [-0.05, 0) is 18.2 Å². The minimum atomic E-state index is -0.664. The number of nitrogens with zero attached hydrogens (tertiary/aromatic N) is 4. The van der Waals surface area contributed by atoms with Crippen LogP contribution < -0.4 is 26.0 Å². The number of piperazine rings is 1. The van der Waals surface area contributed by atoms with Crippen molar-refractivity contribution in [3.8, 4) is 0 Å². The minimum absolute atomic E-state index is 0.0834. The van der Waals surface area contributed by atoms with E-state index in [1.807, 2.05) is 4.90 Å². The smallest absolute Gasteiger partial charge is 0.287 e. The summed E-state index contributed by atoms with van der Waals surface area (Å²) in [6, 6.07) is 8.90. The van der Waals surface area contributed by atoms with Crippen LogP contribution in [0.1, 0.15) is 0 Å². The molecule has 0 aliphatic carbocycles. The van der Waals surface area contributed by atoms with Crippen molar-refractivity contribution in [2.75, 3.05) is 41.3 Å². The van der Waals surface area contributed by atoms with Gasteiger partial charge in [-0.25, -0.2) is 9.37 Å². The third-order valence-corrected chi connectivity index (χ3v) is 4.88. The quantitative estimate of drug-likeness (QED) is 0.394. The zero-order valence-electron chi connectivity index (χ0n) is 15.2. The molecule has 0 spiro atoms. The Morgan fingerprint density at radius 2 is 1.69 bits per heavy atom. The molecule has 1 N–H and O–H groups in total. The highest BCUT2D eigenvalue weighted by Crippen LogP contribution is 2.27. The van der Waals surface area contributed by atoms with Crippen LogP contribution in [0.15, 0.2) is 52.2 Å². The number of hydrogen-bond donors (Lipinski definition) is 1. The van der Waals surface area contributed by atoms with E-state index in [9.17, 15) is 24.1 Å². The zero-order valence-corrected chi connectivity index (χ0v) is 15.2. The molecule has 0 unspecified atom stereocenters. The molecule has 9 nitrogen and oxygen atoms in total. The standard InChI is InChI=1S/C19H16FN5O4/c20-13-3-1-2-4-14(13)22-16-17(19(27)18(16)26)24-9-7-23(8-10-24)15-6-5-12(11-21-15)25(28)29/h1-6,11,22H,7-10H2. The highest BCUT2D eigenvalue weighted by Gasteiger charge is 2.29. The largest absolute Gasteiger partial charge is 0.363 e. The Morgan fingerprint density at radius 1 is 1.00 bits per heavy atom. The summed E-state index contributed by atoms with van der Waals surface area (Å²) in [4.78, 5) is 42.2. The molecule has 1 fully saturated rings. The van der Waals surface area contributed by atoms with Crippen molar-refractivity contribution >= 4 is 28.6 Å². The van der Waals surface area contributed by atoms with E-state index in [4.69, 9.17) is 0 Å². The maximum Gasteiger partial charge on any atom is 0.287 e. The normalized spacial score (nSPS) is 14.2.